The van der Waals surface area contributed by atoms with Gasteiger partial charge in [0.25, 0.3) is 0 Å². The first kappa shape index (κ1) is 14.9. The van der Waals surface area contributed by atoms with Gasteiger partial charge in [-0.3, -0.25) is 0 Å². The van der Waals surface area contributed by atoms with Crippen molar-refractivity contribution in [3.8, 4) is 5.75 Å². The highest BCUT2D eigenvalue weighted by Gasteiger charge is 2.20. The maximum absolute atomic E-state index is 10.1. The number of rotatable bonds is 6. The fraction of sp³-hybridized carbons (Fsp3) is 0.250. The van der Waals surface area contributed by atoms with Crippen molar-refractivity contribution in [1.82, 2.24) is 0 Å². The fourth-order valence-corrected chi connectivity index (χ4v) is 2.10. The predicted octanol–water partition coefficient (Wildman–Crippen LogP) is 2.59. The Hall–Kier alpha value is -1.49. The fourth-order valence-electron chi connectivity index (χ4n) is 1.90. The average molecular weight is 290 g/mol. The van der Waals surface area contributed by atoms with Gasteiger partial charge in [-0.15, -0.1) is 0 Å². The van der Waals surface area contributed by atoms with E-state index >= 15 is 0 Å². The second kappa shape index (κ2) is 7.33. The van der Waals surface area contributed by atoms with Crippen molar-refractivity contribution in [3.05, 3.63) is 65.7 Å². The van der Waals surface area contributed by atoms with Crippen LogP contribution in [0.3, 0.4) is 0 Å². The summed E-state index contributed by atoms with van der Waals surface area (Å²) in [6.07, 6.45) is -1.92. The molecule has 0 spiro atoms. The summed E-state index contributed by atoms with van der Waals surface area (Å²) >= 11 is 4.00. The van der Waals surface area contributed by atoms with Crippen molar-refractivity contribution in [2.24, 2.45) is 0 Å². The van der Waals surface area contributed by atoms with Crippen LogP contribution in [0.25, 0.3) is 0 Å². The molecule has 3 nitrogen and oxygen atoms in total. The summed E-state index contributed by atoms with van der Waals surface area (Å²) in [5, 5.41) is 19.8. The molecule has 0 saturated heterocycles. The minimum atomic E-state index is -1.00. The number of aliphatic hydroxyl groups is 2. The highest BCUT2D eigenvalue weighted by Crippen LogP contribution is 2.28. The Balaban J connectivity index is 2.12. The molecule has 2 N–H and O–H groups in total. The first-order valence-electron chi connectivity index (χ1n) is 6.45. The third-order valence-electron chi connectivity index (χ3n) is 3.03. The van der Waals surface area contributed by atoms with Crippen LogP contribution >= 0.6 is 12.6 Å². The number of aliphatic hydroxyl groups excluding tert-OH is 2. The predicted molar refractivity (Wildman–Crippen MR) is 82.0 cm³/mol. The minimum Gasteiger partial charge on any atom is -0.489 e. The zero-order valence-corrected chi connectivity index (χ0v) is 11.9. The standard InChI is InChI=1S/C16H18O3S/c17-14(11-20)16(18)13-8-4-5-9-15(13)19-10-12-6-2-1-3-7-12/h1-9,14,16-18,20H,10-11H2. The first-order chi connectivity index (χ1) is 9.72. The van der Waals surface area contributed by atoms with E-state index in [2.05, 4.69) is 12.6 Å². The number of benzene rings is 2. The summed E-state index contributed by atoms with van der Waals surface area (Å²) in [7, 11) is 0. The lowest BCUT2D eigenvalue weighted by Gasteiger charge is -2.19. The highest BCUT2D eigenvalue weighted by atomic mass is 32.1. The molecular weight excluding hydrogens is 272 g/mol. The zero-order chi connectivity index (χ0) is 14.4. The minimum absolute atomic E-state index is 0.189. The van der Waals surface area contributed by atoms with E-state index < -0.39 is 12.2 Å². The summed E-state index contributed by atoms with van der Waals surface area (Å²) in [5.41, 5.74) is 1.62. The van der Waals surface area contributed by atoms with Crippen molar-refractivity contribution >= 4 is 12.6 Å². The normalized spacial score (nSPS) is 13.8. The molecule has 0 aromatic heterocycles. The second-order valence-electron chi connectivity index (χ2n) is 4.51. The molecule has 2 aromatic carbocycles. The van der Waals surface area contributed by atoms with Crippen LogP contribution < -0.4 is 4.74 Å². The Morgan fingerprint density at radius 3 is 2.30 bits per heavy atom. The van der Waals surface area contributed by atoms with Crippen molar-refractivity contribution in [3.63, 3.8) is 0 Å². The lowest BCUT2D eigenvalue weighted by Crippen LogP contribution is -2.20. The molecule has 2 rings (SSSR count). The number of para-hydroxylation sites is 1. The lowest BCUT2D eigenvalue weighted by atomic mass is 10.0. The molecule has 4 heteroatoms. The SMILES string of the molecule is OC(CS)C(O)c1ccccc1OCc1ccccc1. The van der Waals surface area contributed by atoms with Gasteiger partial charge in [0.2, 0.25) is 0 Å². The zero-order valence-electron chi connectivity index (χ0n) is 11.0. The Morgan fingerprint density at radius 1 is 0.950 bits per heavy atom. The van der Waals surface area contributed by atoms with Crippen molar-refractivity contribution in [1.29, 1.82) is 0 Å². The summed E-state index contributed by atoms with van der Waals surface area (Å²) in [6, 6.07) is 17.0. The molecule has 0 aliphatic heterocycles. The van der Waals surface area contributed by atoms with Gasteiger partial charge in [-0.1, -0.05) is 48.5 Å². The molecule has 0 aliphatic carbocycles. The first-order valence-corrected chi connectivity index (χ1v) is 7.08. The monoisotopic (exact) mass is 290 g/mol. The smallest absolute Gasteiger partial charge is 0.125 e. The summed E-state index contributed by atoms with van der Waals surface area (Å²) in [6.45, 7) is 0.418. The van der Waals surface area contributed by atoms with Gasteiger partial charge >= 0.3 is 0 Å². The Labute approximate surface area is 124 Å². The maximum Gasteiger partial charge on any atom is 0.125 e. The van der Waals surface area contributed by atoms with Crippen LogP contribution in [0.5, 0.6) is 5.75 Å². The Bertz CT molecular complexity index is 530. The van der Waals surface area contributed by atoms with Gasteiger partial charge in [0.15, 0.2) is 0 Å². The molecular formula is C16H18O3S. The van der Waals surface area contributed by atoms with Gasteiger partial charge in [0.05, 0.1) is 6.10 Å². The van der Waals surface area contributed by atoms with Crippen LogP contribution in [0.15, 0.2) is 54.6 Å². The summed E-state index contributed by atoms with van der Waals surface area (Å²) in [4.78, 5) is 0. The van der Waals surface area contributed by atoms with Crippen LogP contribution in [0.4, 0.5) is 0 Å². The Morgan fingerprint density at radius 2 is 1.60 bits per heavy atom. The molecule has 0 radical (unpaired) electrons. The van der Waals surface area contributed by atoms with Crippen LogP contribution in [0.2, 0.25) is 0 Å². The quantitative estimate of drug-likeness (QED) is 0.717. The summed E-state index contributed by atoms with van der Waals surface area (Å²) < 4.78 is 5.74. The van der Waals surface area contributed by atoms with E-state index in [0.29, 0.717) is 17.9 Å². The third-order valence-corrected chi connectivity index (χ3v) is 3.40. The maximum atomic E-state index is 10.1. The Kier molecular flexibility index (Phi) is 5.47. The van der Waals surface area contributed by atoms with Gasteiger partial charge in [0, 0.05) is 11.3 Å². The number of thiol groups is 1. The highest BCUT2D eigenvalue weighted by molar-refractivity contribution is 7.80. The molecule has 0 aliphatic rings. The van der Waals surface area contributed by atoms with E-state index in [1.54, 1.807) is 18.2 Å². The molecule has 2 atom stereocenters. The van der Waals surface area contributed by atoms with E-state index in [1.165, 1.54) is 0 Å². The van der Waals surface area contributed by atoms with Crippen molar-refractivity contribution < 1.29 is 14.9 Å². The molecule has 106 valence electrons. The van der Waals surface area contributed by atoms with Gasteiger partial charge in [-0.05, 0) is 11.6 Å². The molecule has 0 amide bonds. The number of hydrogen-bond donors (Lipinski definition) is 3. The van der Waals surface area contributed by atoms with Crippen molar-refractivity contribution in [2.45, 2.75) is 18.8 Å². The van der Waals surface area contributed by atoms with Crippen molar-refractivity contribution in [2.75, 3.05) is 5.75 Å². The van der Waals surface area contributed by atoms with E-state index in [4.69, 9.17) is 4.74 Å². The van der Waals surface area contributed by atoms with Gasteiger partial charge in [-0.2, -0.15) is 12.6 Å². The van der Waals surface area contributed by atoms with Crippen LogP contribution in [-0.4, -0.2) is 22.1 Å². The molecule has 20 heavy (non-hydrogen) atoms. The second-order valence-corrected chi connectivity index (χ2v) is 4.87. The number of hydrogen-bond acceptors (Lipinski definition) is 4. The number of ether oxygens (including phenoxy) is 1. The molecule has 0 fully saturated rings. The van der Waals surface area contributed by atoms with E-state index in [0.717, 1.165) is 5.56 Å². The van der Waals surface area contributed by atoms with Gasteiger partial charge in [-0.25, -0.2) is 0 Å². The third kappa shape index (κ3) is 3.76. The summed E-state index contributed by atoms with van der Waals surface area (Å²) in [5.74, 6) is 0.762. The van der Waals surface area contributed by atoms with Crippen LogP contribution in [0.1, 0.15) is 17.2 Å². The molecule has 2 aromatic rings. The van der Waals surface area contributed by atoms with Crippen LogP contribution in [0, 0.1) is 0 Å². The largest absolute Gasteiger partial charge is 0.489 e. The van der Waals surface area contributed by atoms with E-state index in [9.17, 15) is 10.2 Å². The van der Waals surface area contributed by atoms with E-state index in [1.807, 2.05) is 36.4 Å². The molecule has 0 saturated carbocycles. The topological polar surface area (TPSA) is 49.7 Å². The average Bonchev–Trinajstić information content (AvgIpc) is 2.52. The molecule has 0 heterocycles. The molecule has 2 unspecified atom stereocenters. The lowest BCUT2D eigenvalue weighted by molar-refractivity contribution is 0.0317. The van der Waals surface area contributed by atoms with Crippen LogP contribution in [-0.2, 0) is 6.61 Å². The van der Waals surface area contributed by atoms with Gasteiger partial charge in [0.1, 0.15) is 18.5 Å². The van der Waals surface area contributed by atoms with E-state index in [-0.39, 0.29) is 5.75 Å². The van der Waals surface area contributed by atoms with Gasteiger partial charge < -0.3 is 14.9 Å². The molecule has 0 bridgehead atoms.